The highest BCUT2D eigenvalue weighted by molar-refractivity contribution is 6.33. The maximum Gasteiger partial charge on any atom is 0.437 e. The van der Waals surface area contributed by atoms with Gasteiger partial charge in [0.2, 0.25) is 5.96 Å². The van der Waals surface area contributed by atoms with Crippen LogP contribution in [0.4, 0.5) is 18.0 Å². The number of allylic oxidation sites excluding steroid dienone is 3. The first-order valence-corrected chi connectivity index (χ1v) is 18.5. The number of hydrogen-bond acceptors (Lipinski definition) is 8. The number of nitrogens with zero attached hydrogens (tertiary/aromatic N) is 8. The quantitative estimate of drug-likeness (QED) is 0.156. The molecule has 3 heterocycles. The molecule has 7 rings (SSSR count). The van der Waals surface area contributed by atoms with E-state index in [0.717, 1.165) is 24.1 Å². The van der Waals surface area contributed by atoms with Gasteiger partial charge in [-0.3, -0.25) is 9.69 Å². The van der Waals surface area contributed by atoms with Gasteiger partial charge in [0.1, 0.15) is 30.0 Å². The molecular formula is C39H41ClF3N9O4. The Labute approximate surface area is 325 Å². The van der Waals surface area contributed by atoms with Gasteiger partial charge < -0.3 is 15.2 Å². The summed E-state index contributed by atoms with van der Waals surface area (Å²) in [6.07, 6.45) is 6.69. The number of carbonyl (C=O) groups excluding carboxylic acids is 2. The lowest BCUT2D eigenvalue weighted by Gasteiger charge is -2.47. The number of halogens is 4. The van der Waals surface area contributed by atoms with Crippen LogP contribution in [0.15, 0.2) is 84.0 Å². The number of ether oxygens (including phenoxy) is 1. The van der Waals surface area contributed by atoms with Gasteiger partial charge in [0.15, 0.2) is 5.82 Å². The standard InChI is InChI=1S/C39H41ClF3N9O4/c1-37(2,3)21-39(38(4)15-14-24(17-31(38)41)29-18-45-52(49-29)26-11-12-26)33(54)50(35(48-39)47-36(55)56-20-23-8-6-5-7-9-23)30(19-53)25-10-13-28(40)27(16-25)32-44-22-46-51(32)34(42)43/h5-10,13-14,16-18,22,26,30,34,53H,11-12,15,19-21H2,1-4H3,(H,47,48,55)/t30-,38?,39+/m1/s1. The molecule has 294 valence electrons. The van der Waals surface area contributed by atoms with Crippen LogP contribution in [0.2, 0.25) is 5.02 Å². The first kappa shape index (κ1) is 38.9. The molecule has 1 saturated heterocycles. The van der Waals surface area contributed by atoms with E-state index in [1.165, 1.54) is 24.3 Å². The summed E-state index contributed by atoms with van der Waals surface area (Å²) >= 11 is 6.48. The van der Waals surface area contributed by atoms with E-state index in [-0.39, 0.29) is 53.4 Å². The first-order chi connectivity index (χ1) is 26.6. The van der Waals surface area contributed by atoms with Gasteiger partial charge in [0.05, 0.1) is 35.3 Å². The molecule has 13 nitrogen and oxygen atoms in total. The highest BCUT2D eigenvalue weighted by Crippen LogP contribution is 2.54. The molecule has 1 unspecified atom stereocenters. The van der Waals surface area contributed by atoms with Crippen LogP contribution in [-0.4, -0.2) is 69.9 Å². The molecule has 1 aliphatic heterocycles. The van der Waals surface area contributed by atoms with Crippen LogP contribution >= 0.6 is 11.6 Å². The number of alkyl halides is 2. The lowest BCUT2D eigenvalue weighted by molar-refractivity contribution is -0.139. The van der Waals surface area contributed by atoms with Crippen molar-refractivity contribution >= 4 is 35.1 Å². The Morgan fingerprint density at radius 1 is 1.16 bits per heavy atom. The minimum absolute atomic E-state index is 0.0352. The summed E-state index contributed by atoms with van der Waals surface area (Å²) in [5.41, 5.74) is -1.98. The number of aliphatic imine (C=N–C) groups is 1. The van der Waals surface area contributed by atoms with Crippen molar-refractivity contribution in [2.75, 3.05) is 6.61 Å². The summed E-state index contributed by atoms with van der Waals surface area (Å²) in [6, 6.07) is 12.2. The fourth-order valence-corrected chi connectivity index (χ4v) is 7.56. The van der Waals surface area contributed by atoms with E-state index in [0.29, 0.717) is 21.5 Å². The summed E-state index contributed by atoms with van der Waals surface area (Å²) in [5.74, 6) is -1.85. The van der Waals surface area contributed by atoms with E-state index < -0.39 is 53.4 Å². The van der Waals surface area contributed by atoms with Gasteiger partial charge in [0, 0.05) is 11.1 Å². The van der Waals surface area contributed by atoms with E-state index >= 15 is 9.18 Å². The summed E-state index contributed by atoms with van der Waals surface area (Å²) in [4.78, 5) is 39.8. The molecule has 3 aliphatic rings. The smallest absolute Gasteiger partial charge is 0.437 e. The molecule has 2 amide bonds. The lowest BCUT2D eigenvalue weighted by atomic mass is 9.60. The second kappa shape index (κ2) is 15.0. The van der Waals surface area contributed by atoms with Crippen LogP contribution in [0.3, 0.4) is 0 Å². The number of aliphatic hydroxyl groups excluding tert-OH is 1. The summed E-state index contributed by atoms with van der Waals surface area (Å²) < 4.78 is 50.7. The van der Waals surface area contributed by atoms with Crippen LogP contribution in [0.5, 0.6) is 0 Å². The predicted octanol–water partition coefficient (Wildman–Crippen LogP) is 7.60. The van der Waals surface area contributed by atoms with Crippen molar-refractivity contribution in [3.63, 3.8) is 0 Å². The zero-order chi connectivity index (χ0) is 40.0. The van der Waals surface area contributed by atoms with Gasteiger partial charge in [-0.25, -0.2) is 14.2 Å². The van der Waals surface area contributed by atoms with Gasteiger partial charge in [-0.15, -0.1) is 4.99 Å². The third-order valence-electron chi connectivity index (χ3n) is 10.4. The monoisotopic (exact) mass is 791 g/mol. The van der Waals surface area contributed by atoms with Crippen LogP contribution in [-0.2, 0) is 16.1 Å². The number of rotatable bonds is 11. The Kier molecular flexibility index (Phi) is 10.4. The number of benzene rings is 2. The third-order valence-corrected chi connectivity index (χ3v) is 10.7. The molecule has 0 bridgehead atoms. The summed E-state index contributed by atoms with van der Waals surface area (Å²) in [5, 5.41) is 26.8. The second-order valence-electron chi connectivity index (χ2n) is 15.6. The zero-order valence-electron chi connectivity index (χ0n) is 31.2. The van der Waals surface area contributed by atoms with E-state index in [4.69, 9.17) is 16.3 Å². The van der Waals surface area contributed by atoms with E-state index in [1.807, 2.05) is 32.9 Å². The molecule has 2 N–H and O–H groups in total. The van der Waals surface area contributed by atoms with E-state index in [2.05, 4.69) is 30.6 Å². The topological polar surface area (TPSA) is 153 Å². The highest BCUT2D eigenvalue weighted by atomic mass is 35.5. The van der Waals surface area contributed by atoms with Crippen LogP contribution < -0.4 is 5.32 Å². The maximum atomic E-state index is 17.1. The minimum Gasteiger partial charge on any atom is -0.443 e. The molecule has 17 heteroatoms. The minimum atomic E-state index is -3.04. The van der Waals surface area contributed by atoms with Crippen LogP contribution in [0.25, 0.3) is 17.0 Å². The van der Waals surface area contributed by atoms with Gasteiger partial charge in [-0.1, -0.05) is 81.8 Å². The Hall–Kier alpha value is -5.35. The van der Waals surface area contributed by atoms with Gasteiger partial charge >= 0.3 is 12.6 Å². The third kappa shape index (κ3) is 7.34. The molecule has 2 aromatic heterocycles. The Morgan fingerprint density at radius 2 is 1.91 bits per heavy atom. The van der Waals surface area contributed by atoms with Crippen molar-refractivity contribution < 1.29 is 32.6 Å². The lowest BCUT2D eigenvalue weighted by Crippen LogP contribution is -2.61. The molecule has 3 atom stereocenters. The first-order valence-electron chi connectivity index (χ1n) is 18.1. The molecule has 0 radical (unpaired) electrons. The molecule has 2 aliphatic carbocycles. The Bertz CT molecular complexity index is 2230. The molecular weight excluding hydrogens is 751 g/mol. The van der Waals surface area contributed by atoms with Crippen molar-refractivity contribution in [3.05, 3.63) is 101 Å². The largest absolute Gasteiger partial charge is 0.443 e. The van der Waals surface area contributed by atoms with Crippen molar-refractivity contribution in [3.8, 4) is 11.4 Å². The van der Waals surface area contributed by atoms with Crippen molar-refractivity contribution in [2.45, 2.75) is 84.2 Å². The van der Waals surface area contributed by atoms with E-state index in [9.17, 15) is 18.7 Å². The average molecular weight is 792 g/mol. The predicted molar refractivity (Wildman–Crippen MR) is 201 cm³/mol. The van der Waals surface area contributed by atoms with Gasteiger partial charge in [0.25, 0.3) is 5.91 Å². The van der Waals surface area contributed by atoms with Crippen molar-refractivity contribution in [1.29, 1.82) is 0 Å². The summed E-state index contributed by atoms with van der Waals surface area (Å²) in [7, 11) is 0. The fraction of sp³-hybridized carbons (Fsp3) is 0.410. The van der Waals surface area contributed by atoms with E-state index in [1.54, 1.807) is 42.2 Å². The number of nitrogens with one attached hydrogen (secondary N) is 1. The number of amides is 2. The van der Waals surface area contributed by atoms with Gasteiger partial charge in [-0.2, -0.15) is 33.6 Å². The number of carbonyl (C=O) groups is 2. The molecule has 0 spiro atoms. The van der Waals surface area contributed by atoms with Crippen LogP contribution in [0.1, 0.15) is 88.8 Å². The molecule has 56 heavy (non-hydrogen) atoms. The van der Waals surface area contributed by atoms with Crippen molar-refractivity contribution in [2.24, 2.45) is 15.8 Å². The highest BCUT2D eigenvalue weighted by Gasteiger charge is 2.64. The normalized spacial score (nSPS) is 22.6. The Balaban J connectivity index is 1.32. The summed E-state index contributed by atoms with van der Waals surface area (Å²) in [6.45, 7) is 3.44. The maximum absolute atomic E-state index is 17.1. The van der Waals surface area contributed by atoms with Crippen LogP contribution in [0, 0.1) is 10.8 Å². The fourth-order valence-electron chi connectivity index (χ4n) is 7.36. The number of aliphatic hydroxyl groups is 1. The Morgan fingerprint density at radius 3 is 2.57 bits per heavy atom. The average Bonchev–Trinajstić information content (AvgIpc) is 3.55. The second-order valence-corrected chi connectivity index (χ2v) is 16.0. The van der Waals surface area contributed by atoms with Gasteiger partial charge in [-0.05, 0) is 60.4 Å². The number of hydrogen-bond donors (Lipinski definition) is 2. The zero-order valence-corrected chi connectivity index (χ0v) is 31.9. The SMILES string of the molecule is CC(C)(C)C[C@]1(C2(C)CC=C(c3cnn(C4CC4)n3)C=C2F)N/C(=N\C(=O)OCc2ccccc2)N([C@H](CO)c2ccc(Cl)c(-c3ncnn3C(F)F)c2)C1=O. The van der Waals surface area contributed by atoms with Crippen molar-refractivity contribution in [1.82, 2.24) is 40.0 Å². The molecule has 4 aromatic rings. The number of guanidine groups is 1. The molecule has 2 aromatic carbocycles. The number of aromatic nitrogens is 6. The molecule has 1 saturated carbocycles. The molecule has 2 fully saturated rings.